The number of ether oxygens (including phenoxy) is 2. The third-order valence-corrected chi connectivity index (χ3v) is 3.89. The van der Waals surface area contributed by atoms with Crippen LogP contribution in [0.4, 0.5) is 0 Å². The molecule has 0 saturated carbocycles. The van der Waals surface area contributed by atoms with Crippen molar-refractivity contribution in [3.63, 3.8) is 0 Å². The second kappa shape index (κ2) is 7.43. The van der Waals surface area contributed by atoms with Gasteiger partial charge in [0.2, 0.25) is 5.91 Å². The largest absolute Gasteiger partial charge is 0.493 e. The standard InChI is InChI=1S/C16H23NO4/c1-12-4-3-5-15(13(12)2)21-8-6-16(19)17-7-9-20-11-14(17)10-18/h3-5,14,18H,6-11H2,1-2H3. The number of amides is 1. The molecule has 1 unspecified atom stereocenters. The molecule has 0 aromatic heterocycles. The first kappa shape index (κ1) is 15.8. The molecule has 1 fully saturated rings. The molecule has 1 heterocycles. The predicted molar refractivity (Wildman–Crippen MR) is 79.4 cm³/mol. The van der Waals surface area contributed by atoms with Crippen molar-refractivity contribution < 1.29 is 19.4 Å². The van der Waals surface area contributed by atoms with Crippen molar-refractivity contribution in [2.75, 3.05) is 33.0 Å². The molecule has 1 aliphatic rings. The van der Waals surface area contributed by atoms with Gasteiger partial charge in [-0.15, -0.1) is 0 Å². The molecule has 21 heavy (non-hydrogen) atoms. The Balaban J connectivity index is 1.85. The van der Waals surface area contributed by atoms with Crippen LogP contribution in [0.2, 0.25) is 0 Å². The van der Waals surface area contributed by atoms with Gasteiger partial charge in [-0.3, -0.25) is 4.79 Å². The number of hydrogen-bond acceptors (Lipinski definition) is 4. The number of aliphatic hydroxyl groups excluding tert-OH is 1. The topological polar surface area (TPSA) is 59.0 Å². The molecule has 116 valence electrons. The maximum Gasteiger partial charge on any atom is 0.226 e. The fourth-order valence-corrected chi connectivity index (χ4v) is 2.41. The fraction of sp³-hybridized carbons (Fsp3) is 0.562. The summed E-state index contributed by atoms with van der Waals surface area (Å²) in [7, 11) is 0. The molecule has 0 aliphatic carbocycles. The third kappa shape index (κ3) is 3.95. The molecule has 0 bridgehead atoms. The number of carbonyl (C=O) groups is 1. The van der Waals surface area contributed by atoms with Gasteiger partial charge in [-0.25, -0.2) is 0 Å². The highest BCUT2D eigenvalue weighted by atomic mass is 16.5. The van der Waals surface area contributed by atoms with E-state index in [-0.39, 0.29) is 18.6 Å². The van der Waals surface area contributed by atoms with Gasteiger partial charge in [0.1, 0.15) is 5.75 Å². The lowest BCUT2D eigenvalue weighted by Gasteiger charge is -2.34. The van der Waals surface area contributed by atoms with E-state index in [1.165, 1.54) is 5.56 Å². The minimum atomic E-state index is -0.230. The Morgan fingerprint density at radius 3 is 3.05 bits per heavy atom. The van der Waals surface area contributed by atoms with E-state index < -0.39 is 0 Å². The van der Waals surface area contributed by atoms with Crippen LogP contribution in [0.3, 0.4) is 0 Å². The maximum atomic E-state index is 12.2. The van der Waals surface area contributed by atoms with Crippen LogP contribution in [0.5, 0.6) is 5.75 Å². The third-order valence-electron chi connectivity index (χ3n) is 3.89. The number of morpholine rings is 1. The van der Waals surface area contributed by atoms with Crippen LogP contribution in [0, 0.1) is 13.8 Å². The summed E-state index contributed by atoms with van der Waals surface area (Å²) >= 11 is 0. The lowest BCUT2D eigenvalue weighted by Crippen LogP contribution is -2.50. The Morgan fingerprint density at radius 2 is 2.29 bits per heavy atom. The van der Waals surface area contributed by atoms with E-state index in [4.69, 9.17) is 9.47 Å². The van der Waals surface area contributed by atoms with Crippen LogP contribution in [0.15, 0.2) is 18.2 Å². The molecule has 2 rings (SSSR count). The SMILES string of the molecule is Cc1cccc(OCCC(=O)N2CCOCC2CO)c1C. The zero-order valence-corrected chi connectivity index (χ0v) is 12.7. The van der Waals surface area contributed by atoms with E-state index in [1.54, 1.807) is 4.90 Å². The molecule has 5 heteroatoms. The van der Waals surface area contributed by atoms with Crippen LogP contribution >= 0.6 is 0 Å². The number of hydrogen-bond donors (Lipinski definition) is 1. The summed E-state index contributed by atoms with van der Waals surface area (Å²) in [5.41, 5.74) is 2.27. The molecule has 1 aliphatic heterocycles. The average Bonchev–Trinajstić information content (AvgIpc) is 2.51. The number of aryl methyl sites for hydroxylation is 1. The van der Waals surface area contributed by atoms with Gasteiger partial charge in [0.05, 0.1) is 38.9 Å². The molecule has 1 aromatic carbocycles. The van der Waals surface area contributed by atoms with Gasteiger partial charge < -0.3 is 19.5 Å². The van der Waals surface area contributed by atoms with Crippen molar-refractivity contribution in [2.45, 2.75) is 26.3 Å². The minimum absolute atomic E-state index is 0.00246. The summed E-state index contributed by atoms with van der Waals surface area (Å²) in [6.45, 7) is 5.79. The minimum Gasteiger partial charge on any atom is -0.493 e. The highest BCUT2D eigenvalue weighted by Gasteiger charge is 2.26. The van der Waals surface area contributed by atoms with Crippen molar-refractivity contribution in [1.29, 1.82) is 0 Å². The molecule has 5 nitrogen and oxygen atoms in total. The van der Waals surface area contributed by atoms with Gasteiger partial charge in [0, 0.05) is 6.54 Å². The molecular weight excluding hydrogens is 270 g/mol. The van der Waals surface area contributed by atoms with Crippen molar-refractivity contribution in [2.24, 2.45) is 0 Å². The Morgan fingerprint density at radius 1 is 1.48 bits per heavy atom. The van der Waals surface area contributed by atoms with Gasteiger partial charge in [-0.1, -0.05) is 12.1 Å². The molecule has 1 amide bonds. The lowest BCUT2D eigenvalue weighted by atomic mass is 10.1. The summed E-state index contributed by atoms with van der Waals surface area (Å²) in [5.74, 6) is 0.825. The normalized spacial score (nSPS) is 18.6. The lowest BCUT2D eigenvalue weighted by molar-refractivity contribution is -0.142. The molecular formula is C16H23NO4. The van der Waals surface area contributed by atoms with Crippen LogP contribution in [-0.4, -0.2) is 54.9 Å². The maximum absolute atomic E-state index is 12.2. The van der Waals surface area contributed by atoms with E-state index in [9.17, 15) is 9.90 Å². The molecule has 0 spiro atoms. The van der Waals surface area contributed by atoms with Crippen LogP contribution in [0.25, 0.3) is 0 Å². The molecule has 1 aromatic rings. The first-order valence-corrected chi connectivity index (χ1v) is 7.30. The van der Waals surface area contributed by atoms with Crippen LogP contribution in [0.1, 0.15) is 17.5 Å². The fourth-order valence-electron chi connectivity index (χ4n) is 2.41. The Kier molecular flexibility index (Phi) is 5.59. The van der Waals surface area contributed by atoms with Gasteiger partial charge in [-0.2, -0.15) is 0 Å². The summed E-state index contributed by atoms with van der Waals surface area (Å²) in [5, 5.41) is 9.28. The van der Waals surface area contributed by atoms with Crippen molar-refractivity contribution in [1.82, 2.24) is 4.90 Å². The van der Waals surface area contributed by atoms with Gasteiger partial charge in [0.15, 0.2) is 0 Å². The smallest absolute Gasteiger partial charge is 0.226 e. The predicted octanol–water partition coefficient (Wildman–Crippen LogP) is 1.29. The van der Waals surface area contributed by atoms with Crippen molar-refractivity contribution in [3.8, 4) is 5.75 Å². The van der Waals surface area contributed by atoms with Crippen LogP contribution < -0.4 is 4.74 Å². The number of rotatable bonds is 5. The zero-order valence-electron chi connectivity index (χ0n) is 12.7. The highest BCUT2D eigenvalue weighted by molar-refractivity contribution is 5.76. The monoisotopic (exact) mass is 293 g/mol. The highest BCUT2D eigenvalue weighted by Crippen LogP contribution is 2.20. The number of aliphatic hydroxyl groups is 1. The first-order valence-electron chi connectivity index (χ1n) is 7.30. The van der Waals surface area contributed by atoms with Gasteiger partial charge >= 0.3 is 0 Å². The number of benzene rings is 1. The molecule has 1 atom stereocenters. The van der Waals surface area contributed by atoms with Gasteiger partial charge in [-0.05, 0) is 31.0 Å². The number of carbonyl (C=O) groups excluding carboxylic acids is 1. The number of nitrogens with zero attached hydrogens (tertiary/aromatic N) is 1. The van der Waals surface area contributed by atoms with E-state index in [0.717, 1.165) is 11.3 Å². The second-order valence-corrected chi connectivity index (χ2v) is 5.29. The van der Waals surface area contributed by atoms with E-state index in [2.05, 4.69) is 0 Å². The van der Waals surface area contributed by atoms with Crippen molar-refractivity contribution in [3.05, 3.63) is 29.3 Å². The Bertz CT molecular complexity index is 489. The van der Waals surface area contributed by atoms with Gasteiger partial charge in [0.25, 0.3) is 0 Å². The summed E-state index contributed by atoms with van der Waals surface area (Å²) < 4.78 is 11.0. The molecule has 0 radical (unpaired) electrons. The average molecular weight is 293 g/mol. The molecule has 1 saturated heterocycles. The summed E-state index contributed by atoms with van der Waals surface area (Å²) in [6, 6.07) is 5.67. The Labute approximate surface area is 125 Å². The van der Waals surface area contributed by atoms with Crippen LogP contribution in [-0.2, 0) is 9.53 Å². The summed E-state index contributed by atoms with van der Waals surface area (Å²) in [6.07, 6.45) is 0.309. The summed E-state index contributed by atoms with van der Waals surface area (Å²) in [4.78, 5) is 13.9. The molecule has 1 N–H and O–H groups in total. The zero-order chi connectivity index (χ0) is 15.2. The second-order valence-electron chi connectivity index (χ2n) is 5.29. The quantitative estimate of drug-likeness (QED) is 0.889. The van der Waals surface area contributed by atoms with E-state index in [1.807, 2.05) is 32.0 Å². The van der Waals surface area contributed by atoms with E-state index in [0.29, 0.717) is 32.8 Å². The van der Waals surface area contributed by atoms with Crippen molar-refractivity contribution >= 4 is 5.91 Å². The Hall–Kier alpha value is -1.59. The first-order chi connectivity index (χ1) is 10.1. The van der Waals surface area contributed by atoms with E-state index >= 15 is 0 Å².